The van der Waals surface area contributed by atoms with Gasteiger partial charge in [-0.2, -0.15) is 0 Å². The summed E-state index contributed by atoms with van der Waals surface area (Å²) in [5, 5.41) is 30.5. The van der Waals surface area contributed by atoms with Crippen LogP contribution in [0.1, 0.15) is 25.8 Å². The highest BCUT2D eigenvalue weighted by Gasteiger charge is 2.24. The van der Waals surface area contributed by atoms with E-state index in [-0.39, 0.29) is 15.6 Å². The summed E-state index contributed by atoms with van der Waals surface area (Å²) in [4.78, 5) is 27.8. The number of hydrogen-bond donors (Lipinski definition) is 4. The minimum Gasteiger partial charge on any atom is -0.477 e. The van der Waals surface area contributed by atoms with Crippen LogP contribution in [0.2, 0.25) is 0 Å². The topological polar surface area (TPSA) is 113 Å². The third-order valence-electron chi connectivity index (χ3n) is 5.22. The van der Waals surface area contributed by atoms with Gasteiger partial charge in [0.25, 0.3) is 5.91 Å². The Morgan fingerprint density at radius 2 is 1.82 bits per heavy atom. The lowest BCUT2D eigenvalue weighted by Gasteiger charge is -2.22. The molecule has 1 aromatic carbocycles. The number of carbonyl (C=O) groups excluding carboxylic acids is 1. The third kappa shape index (κ3) is 6.89. The summed E-state index contributed by atoms with van der Waals surface area (Å²) < 4.78 is 0.238. The number of rotatable bonds is 6. The number of likely N-dealkylation sites (N-methyl/N-ethyl adjacent to an activating group) is 1. The van der Waals surface area contributed by atoms with Crippen molar-refractivity contribution in [2.75, 3.05) is 37.4 Å². The van der Waals surface area contributed by atoms with Crippen molar-refractivity contribution >= 4 is 57.8 Å². The zero-order valence-corrected chi connectivity index (χ0v) is 20.0. The van der Waals surface area contributed by atoms with Gasteiger partial charge < -0.3 is 30.3 Å². The van der Waals surface area contributed by atoms with Crippen LogP contribution in [0.15, 0.2) is 53.9 Å². The van der Waals surface area contributed by atoms with Gasteiger partial charge in [-0.1, -0.05) is 12.1 Å². The molecule has 33 heavy (non-hydrogen) atoms. The highest BCUT2D eigenvalue weighted by atomic mass is 32.1. The molecule has 8 nitrogen and oxygen atoms in total. The van der Waals surface area contributed by atoms with Crippen molar-refractivity contribution in [1.29, 1.82) is 0 Å². The number of hydrogen-bond acceptors (Lipinski definition) is 8. The summed E-state index contributed by atoms with van der Waals surface area (Å²) in [6, 6.07) is 15.2. The Morgan fingerprint density at radius 3 is 2.30 bits per heavy atom. The molecule has 11 heteroatoms. The van der Waals surface area contributed by atoms with Crippen LogP contribution in [0.5, 0.6) is 0 Å². The molecule has 1 atom stereocenters. The molecular weight excluding hydrogens is 461 g/mol. The van der Waals surface area contributed by atoms with Crippen molar-refractivity contribution in [2.45, 2.75) is 12.5 Å². The van der Waals surface area contributed by atoms with Crippen LogP contribution < -0.4 is 15.0 Å². The normalized spacial score (nSPS) is 15.2. The van der Waals surface area contributed by atoms with E-state index >= 15 is 0 Å². The van der Waals surface area contributed by atoms with E-state index in [4.69, 9.17) is 15.2 Å². The zero-order chi connectivity index (χ0) is 24.0. The first kappa shape index (κ1) is 24.9. The molecule has 0 radical (unpaired) electrons. The molecule has 4 rings (SSSR count). The quantitative estimate of drug-likeness (QED) is 0.395. The van der Waals surface area contributed by atoms with E-state index in [0.29, 0.717) is 6.04 Å². The zero-order valence-electron chi connectivity index (χ0n) is 18.3. The van der Waals surface area contributed by atoms with Crippen molar-refractivity contribution in [3.8, 4) is 0 Å². The fourth-order valence-electron chi connectivity index (χ4n) is 3.36. The Morgan fingerprint density at radius 1 is 1.09 bits per heavy atom. The van der Waals surface area contributed by atoms with Crippen LogP contribution in [0.3, 0.4) is 0 Å². The van der Waals surface area contributed by atoms with E-state index < -0.39 is 13.1 Å². The van der Waals surface area contributed by atoms with Crippen LogP contribution in [-0.4, -0.2) is 72.3 Å². The van der Waals surface area contributed by atoms with Crippen LogP contribution in [-0.2, 0) is 0 Å². The molecule has 174 valence electrons. The van der Waals surface area contributed by atoms with Gasteiger partial charge in [-0.3, -0.25) is 4.79 Å². The highest BCUT2D eigenvalue weighted by molar-refractivity contribution is 7.23. The van der Waals surface area contributed by atoms with Crippen molar-refractivity contribution in [1.82, 2.24) is 4.90 Å². The number of anilines is 2. The maximum Gasteiger partial charge on any atom is 0.499 e. The second-order valence-electron chi connectivity index (χ2n) is 7.71. The van der Waals surface area contributed by atoms with Gasteiger partial charge >= 0.3 is 13.1 Å². The van der Waals surface area contributed by atoms with Gasteiger partial charge in [-0.15, -0.1) is 22.7 Å². The SMILES string of the molecule is CN(C)C1CCN(c2ccc(NC(=O)c3cccs3)cc2)C1.O=C(O)c1ccc(B(O)O)s1. The van der Waals surface area contributed by atoms with Crippen LogP contribution in [0, 0.1) is 0 Å². The summed E-state index contributed by atoms with van der Waals surface area (Å²) in [6.07, 6.45) is 1.20. The minimum absolute atomic E-state index is 0.0448. The molecule has 1 fully saturated rings. The van der Waals surface area contributed by atoms with Gasteiger partial charge in [0.15, 0.2) is 0 Å². The first-order chi connectivity index (χ1) is 15.7. The smallest absolute Gasteiger partial charge is 0.477 e. The lowest BCUT2D eigenvalue weighted by atomic mass is 9.90. The largest absolute Gasteiger partial charge is 0.499 e. The Bertz CT molecular complexity index is 1050. The molecule has 2 aromatic heterocycles. The van der Waals surface area contributed by atoms with E-state index in [1.165, 1.54) is 35.6 Å². The second-order valence-corrected chi connectivity index (χ2v) is 9.77. The first-order valence-electron chi connectivity index (χ1n) is 10.3. The van der Waals surface area contributed by atoms with Crippen molar-refractivity contribution in [3.05, 3.63) is 63.7 Å². The Labute approximate surface area is 200 Å². The molecule has 0 saturated carbocycles. The third-order valence-corrected chi connectivity index (χ3v) is 7.20. The number of carboxylic acid groups (broad SMARTS) is 1. The molecule has 1 saturated heterocycles. The Kier molecular flexibility index (Phi) is 8.64. The molecule has 3 aromatic rings. The maximum absolute atomic E-state index is 12.0. The summed E-state index contributed by atoms with van der Waals surface area (Å²) in [5.41, 5.74) is 2.06. The Balaban J connectivity index is 0.000000235. The van der Waals surface area contributed by atoms with Gasteiger partial charge in [0.2, 0.25) is 0 Å². The molecule has 4 N–H and O–H groups in total. The summed E-state index contributed by atoms with van der Waals surface area (Å²) in [6.45, 7) is 2.15. The predicted octanol–water partition coefficient (Wildman–Crippen LogP) is 2.27. The summed E-state index contributed by atoms with van der Waals surface area (Å²) >= 11 is 2.30. The number of carboxylic acids is 1. The molecule has 1 amide bonds. The second kappa shape index (κ2) is 11.4. The minimum atomic E-state index is -1.58. The van der Waals surface area contributed by atoms with Crippen LogP contribution in [0.4, 0.5) is 11.4 Å². The molecule has 0 aliphatic carbocycles. The van der Waals surface area contributed by atoms with Gasteiger partial charge in [0.05, 0.1) is 4.88 Å². The molecule has 0 spiro atoms. The lowest BCUT2D eigenvalue weighted by Crippen LogP contribution is -2.31. The summed E-state index contributed by atoms with van der Waals surface area (Å²) in [5.74, 6) is -1.10. The van der Waals surface area contributed by atoms with E-state index in [2.05, 4.69) is 41.3 Å². The van der Waals surface area contributed by atoms with Gasteiger partial charge in [0, 0.05) is 35.3 Å². The number of aromatic carboxylic acids is 1. The van der Waals surface area contributed by atoms with Gasteiger partial charge in [0.1, 0.15) is 4.88 Å². The molecule has 1 aliphatic rings. The van der Waals surface area contributed by atoms with Crippen molar-refractivity contribution < 1.29 is 24.7 Å². The first-order valence-corrected chi connectivity index (χ1v) is 12.0. The van der Waals surface area contributed by atoms with Crippen LogP contribution in [0.25, 0.3) is 0 Å². The van der Waals surface area contributed by atoms with Gasteiger partial charge in [-0.05, 0) is 62.3 Å². The van der Waals surface area contributed by atoms with Crippen molar-refractivity contribution in [3.63, 3.8) is 0 Å². The van der Waals surface area contributed by atoms with Gasteiger partial charge in [-0.25, -0.2) is 4.79 Å². The molecular formula is C22H26BN3O5S2. The number of amides is 1. The molecule has 3 heterocycles. The highest BCUT2D eigenvalue weighted by Crippen LogP contribution is 2.24. The monoisotopic (exact) mass is 487 g/mol. The maximum atomic E-state index is 12.0. The number of nitrogens with one attached hydrogen (secondary N) is 1. The van der Waals surface area contributed by atoms with E-state index in [0.717, 1.165) is 35.0 Å². The fourth-order valence-corrected chi connectivity index (χ4v) is 4.70. The molecule has 1 aliphatic heterocycles. The molecule has 0 bridgehead atoms. The average molecular weight is 487 g/mol. The van der Waals surface area contributed by atoms with E-state index in [9.17, 15) is 9.59 Å². The lowest BCUT2D eigenvalue weighted by molar-refractivity contribution is 0.0702. The fraction of sp³-hybridized carbons (Fsp3) is 0.273. The molecule has 1 unspecified atom stereocenters. The summed E-state index contributed by atoms with van der Waals surface area (Å²) in [7, 11) is 2.70. The van der Waals surface area contributed by atoms with Crippen LogP contribution >= 0.6 is 22.7 Å². The number of benzene rings is 1. The Hall–Kier alpha value is -2.70. The number of thiophene rings is 2. The van der Waals surface area contributed by atoms with E-state index in [1.807, 2.05) is 29.6 Å². The predicted molar refractivity (Wildman–Crippen MR) is 134 cm³/mol. The standard InChI is InChI=1S/C17H21N3OS.C5H5BO4S/c1-19(2)15-9-10-20(12-15)14-7-5-13(6-8-14)18-17(21)16-4-3-11-22-16;7-5(8)3-1-2-4(11-3)6(9)10/h3-8,11,15H,9-10,12H2,1-2H3,(H,18,21);1-2,9-10H,(H,7,8). The van der Waals surface area contributed by atoms with Crippen molar-refractivity contribution in [2.24, 2.45) is 0 Å². The number of nitrogens with zero attached hydrogens (tertiary/aromatic N) is 2. The van der Waals surface area contributed by atoms with E-state index in [1.54, 1.807) is 0 Å². The average Bonchev–Trinajstić information content (AvgIpc) is 3.56. The number of carbonyl (C=O) groups is 2.